The zero-order valence-electron chi connectivity index (χ0n) is 17.9. The van der Waals surface area contributed by atoms with E-state index in [1.807, 2.05) is 6.92 Å². The lowest BCUT2D eigenvalue weighted by molar-refractivity contribution is 0.441. The molecule has 0 bridgehead atoms. The van der Waals surface area contributed by atoms with E-state index in [0.29, 0.717) is 22.7 Å². The SMILES string of the molecule is CCCCS(=O)(=O)Cc1cc(-c2ccc(=O)n(C)c2)nc(Oc2c(Cl)ccc(C)c2Cl)n1. The summed E-state index contributed by atoms with van der Waals surface area (Å²) in [6.45, 7) is 3.73. The largest absolute Gasteiger partial charge is 0.421 e. The normalized spacial score (nSPS) is 11.5. The van der Waals surface area contributed by atoms with Gasteiger partial charge in [-0.1, -0.05) is 42.6 Å². The van der Waals surface area contributed by atoms with Crippen LogP contribution in [0.5, 0.6) is 11.8 Å². The quantitative estimate of drug-likeness (QED) is 0.438. The fourth-order valence-electron chi connectivity index (χ4n) is 2.96. The number of aromatic nitrogens is 3. The van der Waals surface area contributed by atoms with Gasteiger partial charge in [0.2, 0.25) is 5.56 Å². The Bertz CT molecular complexity index is 1310. The van der Waals surface area contributed by atoms with E-state index in [-0.39, 0.29) is 39.5 Å². The Labute approximate surface area is 196 Å². The molecule has 0 fully saturated rings. The van der Waals surface area contributed by atoms with Crippen molar-refractivity contribution in [3.63, 3.8) is 0 Å². The summed E-state index contributed by atoms with van der Waals surface area (Å²) in [4.78, 5) is 20.5. The fourth-order valence-corrected chi connectivity index (χ4v) is 4.88. The molecule has 1 aromatic carbocycles. The van der Waals surface area contributed by atoms with Gasteiger partial charge in [-0.3, -0.25) is 4.79 Å². The van der Waals surface area contributed by atoms with Crippen molar-refractivity contribution in [2.24, 2.45) is 7.05 Å². The number of halogens is 2. The van der Waals surface area contributed by atoms with Crippen LogP contribution in [-0.2, 0) is 22.6 Å². The van der Waals surface area contributed by atoms with Crippen molar-refractivity contribution in [1.29, 1.82) is 0 Å². The van der Waals surface area contributed by atoms with Crippen LogP contribution in [0.15, 0.2) is 41.3 Å². The number of nitrogens with zero attached hydrogens (tertiary/aromatic N) is 3. The Hall–Kier alpha value is -2.42. The molecule has 7 nitrogen and oxygen atoms in total. The number of unbranched alkanes of at least 4 members (excludes halogenated alkanes) is 1. The van der Waals surface area contributed by atoms with E-state index < -0.39 is 9.84 Å². The van der Waals surface area contributed by atoms with Crippen LogP contribution in [0.25, 0.3) is 11.3 Å². The van der Waals surface area contributed by atoms with Gasteiger partial charge >= 0.3 is 6.01 Å². The van der Waals surface area contributed by atoms with E-state index >= 15 is 0 Å². The molecule has 0 aliphatic heterocycles. The summed E-state index contributed by atoms with van der Waals surface area (Å²) in [5, 5.41) is 0.583. The van der Waals surface area contributed by atoms with Gasteiger partial charge < -0.3 is 9.30 Å². The zero-order valence-corrected chi connectivity index (χ0v) is 20.3. The molecule has 0 saturated heterocycles. The molecule has 3 rings (SSSR count). The van der Waals surface area contributed by atoms with E-state index in [0.717, 1.165) is 12.0 Å². The molecule has 3 aromatic rings. The fraction of sp³-hybridized carbons (Fsp3) is 0.318. The molecule has 0 atom stereocenters. The first-order valence-corrected chi connectivity index (χ1v) is 12.5. The second-order valence-electron chi connectivity index (χ2n) is 7.45. The monoisotopic (exact) mass is 495 g/mol. The predicted octanol–water partition coefficient (Wildman–Crippen LogP) is 4.96. The number of hydrogen-bond acceptors (Lipinski definition) is 6. The Morgan fingerprint density at radius 1 is 1.12 bits per heavy atom. The Morgan fingerprint density at radius 3 is 2.56 bits per heavy atom. The minimum atomic E-state index is -3.38. The third kappa shape index (κ3) is 5.88. The minimum Gasteiger partial charge on any atom is -0.421 e. The molecule has 0 N–H and O–H groups in total. The lowest BCUT2D eigenvalue weighted by atomic mass is 10.2. The third-order valence-corrected chi connectivity index (χ3v) is 7.17. The van der Waals surface area contributed by atoms with Gasteiger partial charge in [0.05, 0.1) is 32.9 Å². The highest BCUT2D eigenvalue weighted by atomic mass is 35.5. The molecule has 0 amide bonds. The summed E-state index contributed by atoms with van der Waals surface area (Å²) in [5.41, 5.74) is 1.86. The van der Waals surface area contributed by atoms with Gasteiger partial charge in [-0.25, -0.2) is 8.42 Å². The molecule has 2 heterocycles. The summed E-state index contributed by atoms with van der Waals surface area (Å²) in [7, 11) is -1.76. The van der Waals surface area contributed by atoms with Gasteiger partial charge in [0.15, 0.2) is 15.6 Å². The topological polar surface area (TPSA) is 91.2 Å². The third-order valence-electron chi connectivity index (χ3n) is 4.75. The number of pyridine rings is 1. The van der Waals surface area contributed by atoms with Crippen LogP contribution in [0, 0.1) is 6.92 Å². The minimum absolute atomic E-state index is 0.0639. The van der Waals surface area contributed by atoms with Gasteiger partial charge in [0, 0.05) is 24.9 Å². The molecule has 0 radical (unpaired) electrons. The van der Waals surface area contributed by atoms with Crippen molar-refractivity contribution in [3.8, 4) is 23.0 Å². The zero-order chi connectivity index (χ0) is 23.5. The molecule has 0 aliphatic rings. The standard InChI is InChI=1S/C22H23Cl2N3O4S/c1-4-5-10-32(29,30)13-16-11-18(15-7-9-19(28)27(3)12-15)26-22(25-16)31-21-17(23)8-6-14(2)20(21)24/h6-9,11-12H,4-5,10,13H2,1-3H3. The van der Waals surface area contributed by atoms with E-state index in [1.165, 1.54) is 10.6 Å². The summed E-state index contributed by atoms with van der Waals surface area (Å²) in [6, 6.07) is 7.90. The maximum Gasteiger partial charge on any atom is 0.322 e. The highest BCUT2D eigenvalue weighted by molar-refractivity contribution is 7.90. The summed E-state index contributed by atoms with van der Waals surface area (Å²) >= 11 is 12.6. The summed E-state index contributed by atoms with van der Waals surface area (Å²) < 4.78 is 32.3. The molecule has 0 spiro atoms. The lowest BCUT2D eigenvalue weighted by Crippen LogP contribution is -2.14. The number of ether oxygens (including phenoxy) is 1. The van der Waals surface area contributed by atoms with Gasteiger partial charge in [-0.15, -0.1) is 0 Å². The van der Waals surface area contributed by atoms with Crippen molar-refractivity contribution in [1.82, 2.24) is 14.5 Å². The second-order valence-corrected chi connectivity index (χ2v) is 10.4. The molecular weight excluding hydrogens is 473 g/mol. The highest BCUT2D eigenvalue weighted by Gasteiger charge is 2.18. The van der Waals surface area contributed by atoms with Crippen LogP contribution >= 0.6 is 23.2 Å². The van der Waals surface area contributed by atoms with Crippen molar-refractivity contribution in [2.45, 2.75) is 32.4 Å². The van der Waals surface area contributed by atoms with Crippen molar-refractivity contribution in [3.05, 3.63) is 68.2 Å². The van der Waals surface area contributed by atoms with Crippen molar-refractivity contribution in [2.75, 3.05) is 5.75 Å². The maximum absolute atomic E-state index is 12.5. The van der Waals surface area contributed by atoms with E-state index in [2.05, 4.69) is 9.97 Å². The lowest BCUT2D eigenvalue weighted by Gasteiger charge is -2.13. The maximum atomic E-state index is 12.5. The first-order valence-electron chi connectivity index (χ1n) is 9.97. The van der Waals surface area contributed by atoms with Crippen LogP contribution in [0.1, 0.15) is 31.0 Å². The first kappa shape index (κ1) is 24.2. The molecule has 0 aliphatic carbocycles. The molecule has 0 unspecified atom stereocenters. The van der Waals surface area contributed by atoms with Crippen LogP contribution in [0.3, 0.4) is 0 Å². The van der Waals surface area contributed by atoms with E-state index in [4.69, 9.17) is 27.9 Å². The summed E-state index contributed by atoms with van der Waals surface area (Å²) in [6.07, 6.45) is 2.94. The molecule has 0 saturated carbocycles. The first-order chi connectivity index (χ1) is 15.1. The van der Waals surface area contributed by atoms with E-state index in [1.54, 1.807) is 44.4 Å². The van der Waals surface area contributed by atoms with Gasteiger partial charge in [0.25, 0.3) is 0 Å². The average molecular weight is 496 g/mol. The highest BCUT2D eigenvalue weighted by Crippen LogP contribution is 2.37. The number of rotatable bonds is 8. The Kier molecular flexibility index (Phi) is 7.59. The number of sulfone groups is 1. The smallest absolute Gasteiger partial charge is 0.322 e. The number of aryl methyl sites for hydroxylation is 2. The molecule has 2 aromatic heterocycles. The van der Waals surface area contributed by atoms with E-state index in [9.17, 15) is 13.2 Å². The number of hydrogen-bond donors (Lipinski definition) is 0. The second kappa shape index (κ2) is 10.0. The van der Waals surface area contributed by atoms with Gasteiger partial charge in [-0.05, 0) is 37.1 Å². The Balaban J connectivity index is 2.09. The van der Waals surface area contributed by atoms with Crippen LogP contribution in [-0.4, -0.2) is 28.7 Å². The summed E-state index contributed by atoms with van der Waals surface area (Å²) in [5.74, 6) is -0.0142. The number of benzene rings is 1. The van der Waals surface area contributed by atoms with Crippen molar-refractivity contribution < 1.29 is 13.2 Å². The molecule has 170 valence electrons. The van der Waals surface area contributed by atoms with Crippen molar-refractivity contribution >= 4 is 33.0 Å². The Morgan fingerprint density at radius 2 is 1.88 bits per heavy atom. The average Bonchev–Trinajstić information content (AvgIpc) is 2.74. The molecular formula is C22H23Cl2N3O4S. The van der Waals surface area contributed by atoms with Crippen LogP contribution in [0.4, 0.5) is 0 Å². The molecule has 10 heteroatoms. The molecule has 32 heavy (non-hydrogen) atoms. The van der Waals surface area contributed by atoms with Gasteiger partial charge in [0.1, 0.15) is 0 Å². The van der Waals surface area contributed by atoms with Crippen LogP contribution in [0.2, 0.25) is 10.0 Å². The predicted molar refractivity (Wildman–Crippen MR) is 126 cm³/mol. The van der Waals surface area contributed by atoms with Gasteiger partial charge in [-0.2, -0.15) is 9.97 Å². The van der Waals surface area contributed by atoms with Crippen LogP contribution < -0.4 is 10.3 Å².